The molecule has 1 amide bonds. The monoisotopic (exact) mass is 345 g/mol. The van der Waals surface area contributed by atoms with Crippen LogP contribution >= 0.6 is 0 Å². The average molecular weight is 345 g/mol. The Labute approximate surface area is 151 Å². The summed E-state index contributed by atoms with van der Waals surface area (Å²) in [5, 5.41) is 20.6. The van der Waals surface area contributed by atoms with E-state index in [2.05, 4.69) is 17.9 Å². The quantitative estimate of drug-likeness (QED) is 0.490. The maximum absolute atomic E-state index is 10.9. The molecule has 0 aromatic heterocycles. The maximum Gasteiger partial charge on any atom is 0.217 e. The van der Waals surface area contributed by atoms with Gasteiger partial charge < -0.3 is 15.9 Å². The molecule has 0 aliphatic heterocycles. The lowest BCUT2D eigenvalue weighted by atomic mass is 9.89. The van der Waals surface area contributed by atoms with E-state index in [9.17, 15) is 15.0 Å². The van der Waals surface area contributed by atoms with Crippen molar-refractivity contribution in [2.75, 3.05) is 0 Å². The molecule has 4 N–H and O–H groups in total. The fraction of sp³-hybridized carbons (Fsp3) is 0.667. The number of hydrogen-bond donors (Lipinski definition) is 3. The first-order valence-electron chi connectivity index (χ1n) is 9.32. The standard InChI is InChI=1S/C21H31NO3/c1-3-4-6-14(2)19(23)10-9-17-18-12-15(7-5-8-21(22)25)11-16(18)13-20(17)24/h7,9-10,14,16-20,23-24H,5-6,8,11-13H2,1-2H3,(H2,22,25)/t14-,16-,17+,18-,19+,20+/m0/s1. The first-order valence-corrected chi connectivity index (χ1v) is 9.32. The molecule has 0 aromatic carbocycles. The molecule has 138 valence electrons. The van der Waals surface area contributed by atoms with Crippen LogP contribution in [0, 0.1) is 35.5 Å². The lowest BCUT2D eigenvalue weighted by Gasteiger charge is -2.19. The van der Waals surface area contributed by atoms with E-state index >= 15 is 0 Å². The van der Waals surface area contributed by atoms with Gasteiger partial charge in [0.2, 0.25) is 5.91 Å². The Morgan fingerprint density at radius 2 is 2.20 bits per heavy atom. The van der Waals surface area contributed by atoms with E-state index in [0.29, 0.717) is 31.1 Å². The van der Waals surface area contributed by atoms with E-state index < -0.39 is 6.10 Å². The second kappa shape index (κ2) is 9.22. The fourth-order valence-electron chi connectivity index (χ4n) is 4.17. The number of aliphatic hydroxyl groups is 2. The smallest absolute Gasteiger partial charge is 0.217 e. The topological polar surface area (TPSA) is 83.5 Å². The first kappa shape index (κ1) is 19.8. The molecular weight excluding hydrogens is 314 g/mol. The molecule has 2 fully saturated rings. The van der Waals surface area contributed by atoms with Gasteiger partial charge in [0.1, 0.15) is 0 Å². The van der Waals surface area contributed by atoms with Gasteiger partial charge in [-0.2, -0.15) is 0 Å². The SMILES string of the molecule is CC#CC[C@H](C)[C@H](O)C=C[C@@H]1[C@H]2CC(=CCCC(N)=O)C[C@H]2C[C@H]1O. The molecule has 4 heteroatoms. The molecule has 4 nitrogen and oxygen atoms in total. The van der Waals surface area contributed by atoms with Crippen molar-refractivity contribution in [2.24, 2.45) is 29.4 Å². The van der Waals surface area contributed by atoms with Gasteiger partial charge >= 0.3 is 0 Å². The average Bonchev–Trinajstić information content (AvgIpc) is 3.06. The molecule has 0 aromatic rings. The van der Waals surface area contributed by atoms with Crippen molar-refractivity contribution in [1.82, 2.24) is 0 Å². The molecule has 0 saturated heterocycles. The number of primary amides is 1. The summed E-state index contributed by atoms with van der Waals surface area (Å²) in [5.41, 5.74) is 6.57. The van der Waals surface area contributed by atoms with Crippen LogP contribution in [0.1, 0.15) is 52.4 Å². The van der Waals surface area contributed by atoms with Gasteiger partial charge in [0, 0.05) is 18.8 Å². The van der Waals surface area contributed by atoms with Gasteiger partial charge in [0.05, 0.1) is 12.2 Å². The summed E-state index contributed by atoms with van der Waals surface area (Å²) >= 11 is 0. The van der Waals surface area contributed by atoms with Crippen LogP contribution in [0.5, 0.6) is 0 Å². The fourth-order valence-corrected chi connectivity index (χ4v) is 4.17. The highest BCUT2D eigenvalue weighted by molar-refractivity contribution is 5.73. The van der Waals surface area contributed by atoms with Crippen LogP contribution in [0.2, 0.25) is 0 Å². The van der Waals surface area contributed by atoms with Crippen molar-refractivity contribution in [2.45, 2.75) is 64.6 Å². The largest absolute Gasteiger partial charge is 0.392 e. The molecule has 2 rings (SSSR count). The van der Waals surface area contributed by atoms with Crippen LogP contribution in [0.15, 0.2) is 23.8 Å². The highest BCUT2D eigenvalue weighted by Gasteiger charge is 2.44. The normalized spacial score (nSPS) is 32.4. The van der Waals surface area contributed by atoms with Crippen molar-refractivity contribution in [3.8, 4) is 11.8 Å². The molecule has 0 spiro atoms. The molecular formula is C21H31NO3. The Morgan fingerprint density at radius 1 is 1.44 bits per heavy atom. The van der Waals surface area contributed by atoms with Gasteiger partial charge in [0.15, 0.2) is 0 Å². The summed E-state index contributed by atoms with van der Waals surface area (Å²) < 4.78 is 0. The number of hydrogen-bond acceptors (Lipinski definition) is 3. The minimum absolute atomic E-state index is 0.0888. The van der Waals surface area contributed by atoms with E-state index in [0.717, 1.165) is 19.3 Å². The number of amides is 1. The van der Waals surface area contributed by atoms with Crippen molar-refractivity contribution in [3.05, 3.63) is 23.8 Å². The minimum atomic E-state index is -0.529. The van der Waals surface area contributed by atoms with Gasteiger partial charge in [-0.25, -0.2) is 0 Å². The van der Waals surface area contributed by atoms with E-state index in [4.69, 9.17) is 5.73 Å². The molecule has 0 heterocycles. The van der Waals surface area contributed by atoms with Gasteiger partial charge in [0.25, 0.3) is 0 Å². The van der Waals surface area contributed by atoms with Crippen molar-refractivity contribution in [3.63, 3.8) is 0 Å². The van der Waals surface area contributed by atoms with Gasteiger partial charge in [-0.1, -0.05) is 30.7 Å². The Bertz CT molecular complexity index is 584. The zero-order valence-corrected chi connectivity index (χ0v) is 15.3. The highest BCUT2D eigenvalue weighted by Crippen LogP contribution is 2.50. The first-order chi connectivity index (χ1) is 11.9. The number of allylic oxidation sites excluding steroid dienone is 2. The highest BCUT2D eigenvalue weighted by atomic mass is 16.3. The van der Waals surface area contributed by atoms with Gasteiger partial charge in [-0.3, -0.25) is 4.79 Å². The number of aliphatic hydroxyl groups excluding tert-OH is 2. The number of fused-ring (bicyclic) bond motifs is 1. The minimum Gasteiger partial charge on any atom is -0.392 e. The Balaban J connectivity index is 1.93. The molecule has 2 aliphatic rings. The Hall–Kier alpha value is -1.57. The summed E-state index contributed by atoms with van der Waals surface area (Å²) in [5.74, 6) is 6.73. The summed E-state index contributed by atoms with van der Waals surface area (Å²) in [6, 6.07) is 0. The van der Waals surface area contributed by atoms with E-state index in [1.807, 2.05) is 19.1 Å². The predicted molar refractivity (Wildman–Crippen MR) is 99.2 cm³/mol. The van der Waals surface area contributed by atoms with Crippen molar-refractivity contribution >= 4 is 5.91 Å². The second-order valence-electron chi connectivity index (χ2n) is 7.56. The molecule has 25 heavy (non-hydrogen) atoms. The molecule has 2 aliphatic carbocycles. The molecule has 0 bridgehead atoms. The second-order valence-corrected chi connectivity index (χ2v) is 7.56. The third-order valence-electron chi connectivity index (χ3n) is 5.65. The van der Waals surface area contributed by atoms with E-state index in [1.165, 1.54) is 5.57 Å². The summed E-state index contributed by atoms with van der Waals surface area (Å²) in [4.78, 5) is 10.9. The van der Waals surface area contributed by atoms with Crippen LogP contribution < -0.4 is 5.73 Å². The Morgan fingerprint density at radius 3 is 2.88 bits per heavy atom. The van der Waals surface area contributed by atoms with Gasteiger partial charge in [-0.15, -0.1) is 11.8 Å². The summed E-state index contributed by atoms with van der Waals surface area (Å²) in [6.45, 7) is 3.79. The van der Waals surface area contributed by atoms with Crippen LogP contribution in [-0.4, -0.2) is 28.3 Å². The zero-order chi connectivity index (χ0) is 18.4. The number of rotatable bonds is 7. The zero-order valence-electron chi connectivity index (χ0n) is 15.3. The number of nitrogens with two attached hydrogens (primary N) is 1. The van der Waals surface area contributed by atoms with Crippen LogP contribution in [0.4, 0.5) is 0 Å². The molecule has 0 radical (unpaired) electrons. The van der Waals surface area contributed by atoms with Crippen LogP contribution in [-0.2, 0) is 4.79 Å². The predicted octanol–water partition coefficient (Wildman–Crippen LogP) is 2.55. The van der Waals surface area contributed by atoms with Crippen LogP contribution in [0.3, 0.4) is 0 Å². The van der Waals surface area contributed by atoms with Crippen LogP contribution in [0.25, 0.3) is 0 Å². The van der Waals surface area contributed by atoms with Crippen molar-refractivity contribution in [1.29, 1.82) is 0 Å². The van der Waals surface area contributed by atoms with E-state index in [1.54, 1.807) is 6.92 Å². The van der Waals surface area contributed by atoms with Gasteiger partial charge in [-0.05, 0) is 50.4 Å². The maximum atomic E-state index is 10.9. The lowest BCUT2D eigenvalue weighted by molar-refractivity contribution is -0.117. The number of carbonyl (C=O) groups excluding carboxylic acids is 1. The lowest BCUT2D eigenvalue weighted by Crippen LogP contribution is -2.19. The summed E-state index contributed by atoms with van der Waals surface area (Å²) in [6.07, 6.45) is 9.74. The number of carbonyl (C=O) groups is 1. The summed E-state index contributed by atoms with van der Waals surface area (Å²) in [7, 11) is 0. The van der Waals surface area contributed by atoms with E-state index in [-0.39, 0.29) is 23.8 Å². The Kier molecular flexibility index (Phi) is 7.28. The molecule has 2 saturated carbocycles. The molecule has 0 unspecified atom stereocenters. The van der Waals surface area contributed by atoms with Crippen molar-refractivity contribution < 1.29 is 15.0 Å². The third kappa shape index (κ3) is 5.45. The third-order valence-corrected chi connectivity index (χ3v) is 5.65. The molecule has 6 atom stereocenters.